The third-order valence-corrected chi connectivity index (χ3v) is 4.27. The zero-order valence-corrected chi connectivity index (χ0v) is 14.0. The molecule has 2 aromatic rings. The van der Waals surface area contributed by atoms with E-state index in [0.717, 1.165) is 38.3 Å². The maximum Gasteiger partial charge on any atom is 0.129 e. The monoisotopic (exact) mass is 303 g/mol. The summed E-state index contributed by atoms with van der Waals surface area (Å²) in [4.78, 5) is 8.36. The number of aryl methyl sites for hydroxylation is 1. The number of nitrogens with one attached hydrogen (secondary N) is 1. The molecule has 2 aromatic heterocycles. The summed E-state index contributed by atoms with van der Waals surface area (Å²) < 4.78 is 0. The van der Waals surface area contributed by atoms with Gasteiger partial charge in [-0.25, -0.2) is 4.98 Å². The highest BCUT2D eigenvalue weighted by Gasteiger charge is 2.08. The van der Waals surface area contributed by atoms with Crippen molar-refractivity contribution in [1.82, 2.24) is 10.3 Å². The standard InChI is InChI=1S/C17H25N3S/c1-4-8-18-12-14-10-15(5-2)19-17(11-14)20(3)13-16-7-6-9-21-16/h6-7,9-11,18H,4-5,8,12-13H2,1-3H3. The Kier molecular flexibility index (Phi) is 6.21. The van der Waals surface area contributed by atoms with Gasteiger partial charge in [-0.15, -0.1) is 11.3 Å². The van der Waals surface area contributed by atoms with Gasteiger partial charge in [-0.05, 0) is 48.5 Å². The predicted molar refractivity (Wildman–Crippen MR) is 92.0 cm³/mol. The summed E-state index contributed by atoms with van der Waals surface area (Å²) in [7, 11) is 2.12. The van der Waals surface area contributed by atoms with Gasteiger partial charge in [0.15, 0.2) is 0 Å². The Morgan fingerprint density at radius 2 is 2.14 bits per heavy atom. The molecule has 3 nitrogen and oxygen atoms in total. The van der Waals surface area contributed by atoms with Crippen molar-refractivity contribution in [3.05, 3.63) is 45.8 Å². The number of pyridine rings is 1. The van der Waals surface area contributed by atoms with E-state index in [4.69, 9.17) is 4.98 Å². The van der Waals surface area contributed by atoms with Crippen LogP contribution in [0.4, 0.5) is 5.82 Å². The van der Waals surface area contributed by atoms with Gasteiger partial charge in [-0.1, -0.05) is 19.9 Å². The largest absolute Gasteiger partial charge is 0.355 e. The first-order chi connectivity index (χ1) is 10.2. The number of aromatic nitrogens is 1. The first kappa shape index (κ1) is 16.0. The Morgan fingerprint density at radius 1 is 1.29 bits per heavy atom. The van der Waals surface area contributed by atoms with Gasteiger partial charge in [0, 0.05) is 24.2 Å². The van der Waals surface area contributed by atoms with E-state index in [2.05, 4.69) is 60.8 Å². The van der Waals surface area contributed by atoms with Gasteiger partial charge < -0.3 is 10.2 Å². The Hall–Kier alpha value is -1.39. The van der Waals surface area contributed by atoms with Crippen LogP contribution in [0.2, 0.25) is 0 Å². The van der Waals surface area contributed by atoms with Crippen molar-refractivity contribution in [2.24, 2.45) is 0 Å². The van der Waals surface area contributed by atoms with Crippen LogP contribution in [0.3, 0.4) is 0 Å². The molecule has 0 saturated heterocycles. The van der Waals surface area contributed by atoms with Crippen LogP contribution in [0.1, 0.15) is 36.4 Å². The van der Waals surface area contributed by atoms with Crippen LogP contribution in [-0.2, 0) is 19.5 Å². The minimum Gasteiger partial charge on any atom is -0.355 e. The molecule has 0 saturated carbocycles. The van der Waals surface area contributed by atoms with Crippen molar-refractivity contribution in [3.63, 3.8) is 0 Å². The molecule has 0 bridgehead atoms. The molecule has 2 rings (SSSR count). The lowest BCUT2D eigenvalue weighted by atomic mass is 10.2. The lowest BCUT2D eigenvalue weighted by Crippen LogP contribution is -2.19. The quantitative estimate of drug-likeness (QED) is 0.751. The molecule has 0 spiro atoms. The van der Waals surface area contributed by atoms with Crippen LogP contribution < -0.4 is 10.2 Å². The summed E-state index contributed by atoms with van der Waals surface area (Å²) >= 11 is 1.80. The molecule has 0 aliphatic heterocycles. The number of hydrogen-bond acceptors (Lipinski definition) is 4. The van der Waals surface area contributed by atoms with Crippen molar-refractivity contribution in [3.8, 4) is 0 Å². The zero-order valence-electron chi connectivity index (χ0n) is 13.2. The summed E-state index contributed by atoms with van der Waals surface area (Å²) in [6.45, 7) is 7.25. The van der Waals surface area contributed by atoms with Crippen molar-refractivity contribution in [1.29, 1.82) is 0 Å². The van der Waals surface area contributed by atoms with Gasteiger partial charge in [0.05, 0.1) is 6.54 Å². The molecule has 0 aromatic carbocycles. The van der Waals surface area contributed by atoms with Crippen LogP contribution in [-0.4, -0.2) is 18.6 Å². The average Bonchev–Trinajstić information content (AvgIpc) is 3.00. The van der Waals surface area contributed by atoms with E-state index in [0.29, 0.717) is 0 Å². The van der Waals surface area contributed by atoms with Gasteiger partial charge in [0.25, 0.3) is 0 Å². The molecule has 4 heteroatoms. The fraction of sp³-hybridized carbons (Fsp3) is 0.471. The highest BCUT2D eigenvalue weighted by atomic mass is 32.1. The van der Waals surface area contributed by atoms with Gasteiger partial charge in [-0.3, -0.25) is 0 Å². The van der Waals surface area contributed by atoms with Crippen LogP contribution in [0.25, 0.3) is 0 Å². The molecule has 0 fully saturated rings. The summed E-state index contributed by atoms with van der Waals surface area (Å²) in [6, 6.07) is 8.69. The number of thiophene rings is 1. The average molecular weight is 303 g/mol. The molecule has 1 N–H and O–H groups in total. The van der Waals surface area contributed by atoms with Crippen LogP contribution in [0.5, 0.6) is 0 Å². The molecule has 0 atom stereocenters. The van der Waals surface area contributed by atoms with Crippen LogP contribution >= 0.6 is 11.3 Å². The molecule has 0 amide bonds. The Morgan fingerprint density at radius 3 is 2.81 bits per heavy atom. The zero-order chi connectivity index (χ0) is 15.1. The third kappa shape index (κ3) is 4.83. The molecule has 114 valence electrons. The normalized spacial score (nSPS) is 10.8. The summed E-state index contributed by atoms with van der Waals surface area (Å²) in [5.41, 5.74) is 2.49. The summed E-state index contributed by atoms with van der Waals surface area (Å²) in [6.07, 6.45) is 2.14. The minimum atomic E-state index is 0.916. The summed E-state index contributed by atoms with van der Waals surface area (Å²) in [5.74, 6) is 1.07. The lowest BCUT2D eigenvalue weighted by Gasteiger charge is -2.19. The fourth-order valence-corrected chi connectivity index (χ4v) is 3.00. The Labute approximate surface area is 132 Å². The molecule has 0 unspecified atom stereocenters. The van der Waals surface area contributed by atoms with Crippen molar-refractivity contribution in [2.75, 3.05) is 18.5 Å². The van der Waals surface area contributed by atoms with E-state index in [-0.39, 0.29) is 0 Å². The topological polar surface area (TPSA) is 28.2 Å². The predicted octanol–water partition coefficient (Wildman–Crippen LogP) is 3.84. The second-order valence-corrected chi connectivity index (χ2v) is 6.32. The maximum absolute atomic E-state index is 4.76. The van der Waals surface area contributed by atoms with Crippen molar-refractivity contribution >= 4 is 17.2 Å². The SMILES string of the molecule is CCCNCc1cc(CC)nc(N(C)Cc2cccs2)c1. The van der Waals surface area contributed by atoms with Crippen LogP contribution in [0.15, 0.2) is 29.6 Å². The van der Waals surface area contributed by atoms with E-state index in [1.165, 1.54) is 16.1 Å². The highest BCUT2D eigenvalue weighted by molar-refractivity contribution is 7.09. The van der Waals surface area contributed by atoms with Crippen LogP contribution in [0, 0.1) is 0 Å². The number of nitrogens with zero attached hydrogens (tertiary/aromatic N) is 2. The van der Waals surface area contributed by atoms with Gasteiger partial charge in [0.2, 0.25) is 0 Å². The van der Waals surface area contributed by atoms with E-state index in [1.807, 2.05) is 0 Å². The lowest BCUT2D eigenvalue weighted by molar-refractivity contribution is 0.673. The number of anilines is 1. The molecular formula is C17H25N3S. The van der Waals surface area contributed by atoms with Crippen molar-refractivity contribution < 1.29 is 0 Å². The van der Waals surface area contributed by atoms with E-state index in [9.17, 15) is 0 Å². The maximum atomic E-state index is 4.76. The Balaban J connectivity index is 2.11. The first-order valence-electron chi connectivity index (χ1n) is 7.67. The first-order valence-corrected chi connectivity index (χ1v) is 8.55. The van der Waals surface area contributed by atoms with E-state index >= 15 is 0 Å². The third-order valence-electron chi connectivity index (χ3n) is 3.41. The number of hydrogen-bond donors (Lipinski definition) is 1. The van der Waals surface area contributed by atoms with Gasteiger partial charge in [-0.2, -0.15) is 0 Å². The molecule has 0 aliphatic rings. The number of rotatable bonds is 8. The Bertz CT molecular complexity index is 537. The molecular weight excluding hydrogens is 278 g/mol. The minimum absolute atomic E-state index is 0.916. The molecule has 2 heterocycles. The van der Waals surface area contributed by atoms with Gasteiger partial charge in [0.1, 0.15) is 5.82 Å². The smallest absolute Gasteiger partial charge is 0.129 e. The van der Waals surface area contributed by atoms with Gasteiger partial charge >= 0.3 is 0 Å². The van der Waals surface area contributed by atoms with E-state index in [1.54, 1.807) is 11.3 Å². The molecule has 21 heavy (non-hydrogen) atoms. The van der Waals surface area contributed by atoms with E-state index < -0.39 is 0 Å². The second kappa shape index (κ2) is 8.15. The fourth-order valence-electron chi connectivity index (χ4n) is 2.24. The molecule has 0 radical (unpaired) electrons. The van der Waals surface area contributed by atoms with Crippen molar-refractivity contribution in [2.45, 2.75) is 39.8 Å². The molecule has 0 aliphatic carbocycles. The summed E-state index contributed by atoms with van der Waals surface area (Å²) in [5, 5.41) is 5.59. The highest BCUT2D eigenvalue weighted by Crippen LogP contribution is 2.19. The second-order valence-electron chi connectivity index (χ2n) is 5.29.